The highest BCUT2D eigenvalue weighted by atomic mass is 14.9. The van der Waals surface area contributed by atoms with E-state index >= 15 is 0 Å². The van der Waals surface area contributed by atoms with Gasteiger partial charge in [-0.15, -0.1) is 0 Å². The van der Waals surface area contributed by atoms with Crippen molar-refractivity contribution in [2.24, 2.45) is 5.92 Å². The summed E-state index contributed by atoms with van der Waals surface area (Å²) < 4.78 is 0. The van der Waals surface area contributed by atoms with Crippen LogP contribution >= 0.6 is 0 Å². The van der Waals surface area contributed by atoms with Gasteiger partial charge in [0, 0.05) is 23.9 Å². The van der Waals surface area contributed by atoms with Crippen molar-refractivity contribution in [1.82, 2.24) is 10.3 Å². The van der Waals surface area contributed by atoms with Gasteiger partial charge in [0.2, 0.25) is 0 Å². The highest BCUT2D eigenvalue weighted by Gasteiger charge is 2.30. The second-order valence-corrected chi connectivity index (χ2v) is 5.77. The molecule has 18 heavy (non-hydrogen) atoms. The summed E-state index contributed by atoms with van der Waals surface area (Å²) in [7, 11) is 0. The Morgan fingerprint density at radius 1 is 1.44 bits per heavy atom. The summed E-state index contributed by atoms with van der Waals surface area (Å²) in [5.74, 6) is 1.26. The molecule has 2 atom stereocenters. The summed E-state index contributed by atoms with van der Waals surface area (Å²) in [4.78, 5) is 4.67. The summed E-state index contributed by atoms with van der Waals surface area (Å²) in [6.07, 6.45) is 6.95. The maximum absolute atomic E-state index is 4.67. The zero-order chi connectivity index (χ0) is 13.0. The maximum atomic E-state index is 4.67. The van der Waals surface area contributed by atoms with Crippen LogP contribution in [0.25, 0.3) is 0 Å². The van der Waals surface area contributed by atoms with Crippen molar-refractivity contribution in [2.75, 3.05) is 6.54 Å². The van der Waals surface area contributed by atoms with Gasteiger partial charge in [-0.1, -0.05) is 26.8 Å². The molecule has 2 unspecified atom stereocenters. The first-order chi connectivity index (χ1) is 8.74. The molecule has 1 N–H and O–H groups in total. The molecule has 0 radical (unpaired) electrons. The van der Waals surface area contributed by atoms with Crippen molar-refractivity contribution in [3.63, 3.8) is 0 Å². The van der Waals surface area contributed by atoms with Crippen LogP contribution < -0.4 is 5.32 Å². The highest BCUT2D eigenvalue weighted by Crippen LogP contribution is 2.34. The van der Waals surface area contributed by atoms with Crippen LogP contribution in [0.5, 0.6) is 0 Å². The van der Waals surface area contributed by atoms with E-state index in [1.54, 1.807) is 0 Å². The molecule has 2 heteroatoms. The molecule has 2 nitrogen and oxygen atoms in total. The van der Waals surface area contributed by atoms with Crippen molar-refractivity contribution in [1.29, 1.82) is 0 Å². The average molecular weight is 246 g/mol. The van der Waals surface area contributed by atoms with Gasteiger partial charge in [-0.25, -0.2) is 0 Å². The molecule has 0 fully saturated rings. The van der Waals surface area contributed by atoms with Gasteiger partial charge in [0.15, 0.2) is 0 Å². The first-order valence-corrected chi connectivity index (χ1v) is 7.41. The van der Waals surface area contributed by atoms with Crippen LogP contribution in [0.2, 0.25) is 0 Å². The Morgan fingerprint density at radius 2 is 2.28 bits per heavy atom. The number of aryl methyl sites for hydroxylation is 1. The molecule has 0 aliphatic heterocycles. The third kappa shape index (κ3) is 2.92. The minimum Gasteiger partial charge on any atom is -0.313 e. The minimum atomic E-state index is 0.568. The molecule has 0 saturated carbocycles. The van der Waals surface area contributed by atoms with Crippen LogP contribution in [0.4, 0.5) is 0 Å². The van der Waals surface area contributed by atoms with E-state index < -0.39 is 0 Å². The quantitative estimate of drug-likeness (QED) is 0.859. The van der Waals surface area contributed by atoms with E-state index in [2.05, 4.69) is 43.2 Å². The number of hydrogen-bond acceptors (Lipinski definition) is 2. The molecular formula is C16H26N2. The van der Waals surface area contributed by atoms with Crippen LogP contribution in [-0.2, 0) is 6.42 Å². The van der Waals surface area contributed by atoms with E-state index in [4.69, 9.17) is 0 Å². The van der Waals surface area contributed by atoms with Crippen LogP contribution in [0.3, 0.4) is 0 Å². The largest absolute Gasteiger partial charge is 0.313 e. The van der Waals surface area contributed by atoms with E-state index in [0.717, 1.165) is 6.54 Å². The Morgan fingerprint density at radius 3 is 3.00 bits per heavy atom. The predicted octanol–water partition coefficient (Wildman–Crippen LogP) is 3.53. The lowest BCUT2D eigenvalue weighted by Gasteiger charge is -2.34. The van der Waals surface area contributed by atoms with E-state index in [1.165, 1.54) is 36.9 Å². The van der Waals surface area contributed by atoms with Gasteiger partial charge >= 0.3 is 0 Å². The Hall–Kier alpha value is -0.890. The SMILES string of the molecule is CCCNC(C(C)C)C1CCCc2cccnc21. The molecule has 0 bridgehead atoms. The first kappa shape index (κ1) is 13.5. The minimum absolute atomic E-state index is 0.568. The lowest BCUT2D eigenvalue weighted by Crippen LogP contribution is -2.41. The molecule has 0 saturated heterocycles. The lowest BCUT2D eigenvalue weighted by atomic mass is 9.78. The van der Waals surface area contributed by atoms with E-state index in [0.29, 0.717) is 17.9 Å². The molecule has 0 spiro atoms. The molecular weight excluding hydrogens is 220 g/mol. The number of fused-ring (bicyclic) bond motifs is 1. The number of nitrogens with zero attached hydrogens (tertiary/aromatic N) is 1. The number of rotatable bonds is 5. The summed E-state index contributed by atoms with van der Waals surface area (Å²) in [5, 5.41) is 3.74. The number of pyridine rings is 1. The Bertz CT molecular complexity index is 373. The molecule has 1 aromatic rings. The van der Waals surface area contributed by atoms with Crippen molar-refractivity contribution in [3.05, 3.63) is 29.6 Å². The summed E-state index contributed by atoms with van der Waals surface area (Å²) in [6.45, 7) is 7.99. The number of nitrogens with one attached hydrogen (secondary N) is 1. The van der Waals surface area contributed by atoms with E-state index in [1.807, 2.05) is 6.20 Å². The van der Waals surface area contributed by atoms with E-state index in [-0.39, 0.29) is 0 Å². The van der Waals surface area contributed by atoms with Gasteiger partial charge in [-0.05, 0) is 49.8 Å². The Labute approximate surface area is 111 Å². The molecule has 1 aliphatic rings. The van der Waals surface area contributed by atoms with Crippen LogP contribution in [0.1, 0.15) is 57.2 Å². The fraction of sp³-hybridized carbons (Fsp3) is 0.688. The maximum Gasteiger partial charge on any atom is 0.0482 e. The van der Waals surface area contributed by atoms with Crippen LogP contribution in [0.15, 0.2) is 18.3 Å². The zero-order valence-corrected chi connectivity index (χ0v) is 11.9. The summed E-state index contributed by atoms with van der Waals surface area (Å²) in [5.41, 5.74) is 2.82. The molecule has 0 amide bonds. The molecule has 100 valence electrons. The Balaban J connectivity index is 2.21. The van der Waals surface area contributed by atoms with E-state index in [9.17, 15) is 0 Å². The van der Waals surface area contributed by atoms with Gasteiger partial charge < -0.3 is 5.32 Å². The molecule has 1 heterocycles. The van der Waals surface area contributed by atoms with Crippen molar-refractivity contribution in [3.8, 4) is 0 Å². The topological polar surface area (TPSA) is 24.9 Å². The number of hydrogen-bond donors (Lipinski definition) is 1. The summed E-state index contributed by atoms with van der Waals surface area (Å²) >= 11 is 0. The number of aromatic nitrogens is 1. The normalized spacial score (nSPS) is 20.8. The molecule has 1 aromatic heterocycles. The summed E-state index contributed by atoms with van der Waals surface area (Å²) in [6, 6.07) is 4.90. The second-order valence-electron chi connectivity index (χ2n) is 5.77. The standard InChI is InChI=1S/C16H26N2/c1-4-10-17-15(12(2)3)14-9-5-7-13-8-6-11-18-16(13)14/h6,8,11-12,14-15,17H,4-5,7,9-10H2,1-3H3. The van der Waals surface area contributed by atoms with Crippen LogP contribution in [-0.4, -0.2) is 17.6 Å². The molecule has 2 rings (SSSR count). The fourth-order valence-corrected chi connectivity index (χ4v) is 3.15. The predicted molar refractivity (Wildman–Crippen MR) is 76.8 cm³/mol. The molecule has 1 aliphatic carbocycles. The van der Waals surface area contributed by atoms with Gasteiger partial charge in [0.1, 0.15) is 0 Å². The van der Waals surface area contributed by atoms with Gasteiger partial charge in [-0.2, -0.15) is 0 Å². The van der Waals surface area contributed by atoms with Crippen molar-refractivity contribution in [2.45, 2.75) is 58.4 Å². The lowest BCUT2D eigenvalue weighted by molar-refractivity contribution is 0.312. The third-order valence-corrected chi connectivity index (χ3v) is 4.02. The zero-order valence-electron chi connectivity index (χ0n) is 11.9. The van der Waals surface area contributed by atoms with Crippen molar-refractivity contribution < 1.29 is 0 Å². The van der Waals surface area contributed by atoms with Gasteiger partial charge in [-0.3, -0.25) is 4.98 Å². The fourth-order valence-electron chi connectivity index (χ4n) is 3.15. The first-order valence-electron chi connectivity index (χ1n) is 7.41. The average Bonchev–Trinajstić information content (AvgIpc) is 2.39. The van der Waals surface area contributed by atoms with Crippen molar-refractivity contribution >= 4 is 0 Å². The molecule has 0 aromatic carbocycles. The van der Waals surface area contributed by atoms with Gasteiger partial charge in [0.05, 0.1) is 0 Å². The monoisotopic (exact) mass is 246 g/mol. The third-order valence-electron chi connectivity index (χ3n) is 4.02. The highest BCUT2D eigenvalue weighted by molar-refractivity contribution is 5.27. The van der Waals surface area contributed by atoms with Gasteiger partial charge in [0.25, 0.3) is 0 Å². The second kappa shape index (κ2) is 6.33. The smallest absolute Gasteiger partial charge is 0.0482 e. The Kier molecular flexibility index (Phi) is 4.76. The van der Waals surface area contributed by atoms with Crippen LogP contribution in [0, 0.1) is 5.92 Å².